The smallest absolute Gasteiger partial charge is 0.119 e. The van der Waals surface area contributed by atoms with E-state index >= 15 is 0 Å². The standard InChI is InChI=1S/C17H19NO/c1-12-6-8-13(9-7-12)18(2)16-11-10-15-14(16)4-3-5-17(15)19/h3-9,16,19H,10-11H2,1-2H3. The zero-order valence-electron chi connectivity index (χ0n) is 11.4. The van der Waals surface area contributed by atoms with Crippen LogP contribution in [0.1, 0.15) is 29.2 Å². The van der Waals surface area contributed by atoms with Crippen molar-refractivity contribution < 1.29 is 5.11 Å². The average Bonchev–Trinajstić information content (AvgIpc) is 2.84. The number of phenols is 1. The fraction of sp³-hybridized carbons (Fsp3) is 0.294. The molecule has 1 unspecified atom stereocenters. The van der Waals surface area contributed by atoms with Gasteiger partial charge in [0.25, 0.3) is 0 Å². The molecule has 19 heavy (non-hydrogen) atoms. The molecular formula is C17H19NO. The van der Waals surface area contributed by atoms with Crippen LogP contribution < -0.4 is 4.90 Å². The van der Waals surface area contributed by atoms with Crippen LogP contribution >= 0.6 is 0 Å². The molecule has 0 bridgehead atoms. The lowest BCUT2D eigenvalue weighted by atomic mass is 10.1. The maximum atomic E-state index is 9.92. The number of aromatic hydroxyl groups is 1. The molecule has 1 aliphatic carbocycles. The second kappa shape index (κ2) is 4.61. The molecule has 1 N–H and O–H groups in total. The lowest BCUT2D eigenvalue weighted by molar-refractivity contribution is 0.469. The molecular weight excluding hydrogens is 234 g/mol. The molecule has 0 saturated heterocycles. The average molecular weight is 253 g/mol. The van der Waals surface area contributed by atoms with Crippen molar-refractivity contribution in [3.63, 3.8) is 0 Å². The summed E-state index contributed by atoms with van der Waals surface area (Å²) >= 11 is 0. The van der Waals surface area contributed by atoms with Crippen LogP contribution in [0.2, 0.25) is 0 Å². The van der Waals surface area contributed by atoms with Gasteiger partial charge in [-0.1, -0.05) is 29.8 Å². The van der Waals surface area contributed by atoms with E-state index in [2.05, 4.69) is 49.2 Å². The SMILES string of the molecule is Cc1ccc(N(C)C2CCc3c(O)cccc32)cc1. The molecule has 2 aromatic carbocycles. The van der Waals surface area contributed by atoms with Crippen molar-refractivity contribution in [2.24, 2.45) is 0 Å². The van der Waals surface area contributed by atoms with Crippen molar-refractivity contribution in [1.29, 1.82) is 0 Å². The highest BCUT2D eigenvalue weighted by atomic mass is 16.3. The molecule has 98 valence electrons. The van der Waals surface area contributed by atoms with Crippen molar-refractivity contribution in [1.82, 2.24) is 0 Å². The van der Waals surface area contributed by atoms with Crippen LogP contribution in [0.5, 0.6) is 5.75 Å². The first-order chi connectivity index (χ1) is 9.16. The van der Waals surface area contributed by atoms with Gasteiger partial charge in [-0.05, 0) is 49.1 Å². The van der Waals surface area contributed by atoms with Crippen molar-refractivity contribution in [3.05, 3.63) is 59.2 Å². The maximum absolute atomic E-state index is 9.92. The first kappa shape index (κ1) is 12.1. The first-order valence-electron chi connectivity index (χ1n) is 6.77. The molecule has 2 aromatic rings. The first-order valence-corrected chi connectivity index (χ1v) is 6.77. The fourth-order valence-electron chi connectivity index (χ4n) is 2.98. The summed E-state index contributed by atoms with van der Waals surface area (Å²) in [7, 11) is 2.13. The van der Waals surface area contributed by atoms with E-state index in [1.807, 2.05) is 6.07 Å². The number of hydrogen-bond acceptors (Lipinski definition) is 2. The minimum absolute atomic E-state index is 0.366. The van der Waals surface area contributed by atoms with Crippen LogP contribution in [-0.4, -0.2) is 12.2 Å². The summed E-state index contributed by atoms with van der Waals surface area (Å²) in [5, 5.41) is 9.92. The van der Waals surface area contributed by atoms with Gasteiger partial charge < -0.3 is 10.0 Å². The Balaban J connectivity index is 1.93. The summed E-state index contributed by atoms with van der Waals surface area (Å²) in [6, 6.07) is 14.8. The third-order valence-electron chi connectivity index (χ3n) is 4.12. The number of benzene rings is 2. The lowest BCUT2D eigenvalue weighted by Gasteiger charge is -2.27. The van der Waals surface area contributed by atoms with E-state index in [0.29, 0.717) is 11.8 Å². The van der Waals surface area contributed by atoms with Gasteiger partial charge in [0.05, 0.1) is 6.04 Å². The van der Waals surface area contributed by atoms with Crippen LogP contribution in [-0.2, 0) is 6.42 Å². The Labute approximate surface area is 114 Å². The van der Waals surface area contributed by atoms with Gasteiger partial charge in [-0.2, -0.15) is 0 Å². The highest BCUT2D eigenvalue weighted by Gasteiger charge is 2.27. The molecule has 3 rings (SSSR count). The zero-order valence-corrected chi connectivity index (χ0v) is 11.4. The van der Waals surface area contributed by atoms with Crippen molar-refractivity contribution in [3.8, 4) is 5.75 Å². The summed E-state index contributed by atoms with van der Waals surface area (Å²) in [5.74, 6) is 0.442. The molecule has 0 heterocycles. The minimum atomic E-state index is 0.366. The lowest BCUT2D eigenvalue weighted by Crippen LogP contribution is -2.22. The largest absolute Gasteiger partial charge is 0.508 e. The van der Waals surface area contributed by atoms with E-state index in [0.717, 1.165) is 18.4 Å². The Hall–Kier alpha value is -1.96. The fourth-order valence-corrected chi connectivity index (χ4v) is 2.98. The number of rotatable bonds is 2. The van der Waals surface area contributed by atoms with Gasteiger partial charge in [0.1, 0.15) is 5.75 Å². The summed E-state index contributed by atoms with van der Waals surface area (Å²) in [4.78, 5) is 2.31. The van der Waals surface area contributed by atoms with Crippen LogP contribution in [0.15, 0.2) is 42.5 Å². The van der Waals surface area contributed by atoms with Gasteiger partial charge in [0.2, 0.25) is 0 Å². The molecule has 2 heteroatoms. The second-order valence-corrected chi connectivity index (χ2v) is 5.35. The van der Waals surface area contributed by atoms with E-state index in [1.54, 1.807) is 6.07 Å². The molecule has 0 aliphatic heterocycles. The van der Waals surface area contributed by atoms with Gasteiger partial charge >= 0.3 is 0 Å². The monoisotopic (exact) mass is 253 g/mol. The summed E-state index contributed by atoms with van der Waals surface area (Å²) < 4.78 is 0. The van der Waals surface area contributed by atoms with Crippen molar-refractivity contribution in [2.75, 3.05) is 11.9 Å². The summed E-state index contributed by atoms with van der Waals surface area (Å²) in [6.07, 6.45) is 2.03. The number of fused-ring (bicyclic) bond motifs is 1. The van der Waals surface area contributed by atoms with E-state index in [-0.39, 0.29) is 0 Å². The normalized spacial score (nSPS) is 17.3. The Morgan fingerprint density at radius 2 is 1.84 bits per heavy atom. The van der Waals surface area contributed by atoms with Gasteiger partial charge in [0, 0.05) is 12.7 Å². The highest BCUT2D eigenvalue weighted by molar-refractivity contribution is 5.53. The van der Waals surface area contributed by atoms with Gasteiger partial charge in [-0.3, -0.25) is 0 Å². The van der Waals surface area contributed by atoms with E-state index in [4.69, 9.17) is 0 Å². The maximum Gasteiger partial charge on any atom is 0.119 e. The quantitative estimate of drug-likeness (QED) is 0.879. The molecule has 0 radical (unpaired) electrons. The van der Waals surface area contributed by atoms with E-state index < -0.39 is 0 Å². The summed E-state index contributed by atoms with van der Waals surface area (Å²) in [6.45, 7) is 2.10. The number of nitrogens with zero attached hydrogens (tertiary/aromatic N) is 1. The molecule has 1 aliphatic rings. The van der Waals surface area contributed by atoms with Crippen molar-refractivity contribution in [2.45, 2.75) is 25.8 Å². The molecule has 1 atom stereocenters. The van der Waals surface area contributed by atoms with Crippen LogP contribution in [0.25, 0.3) is 0 Å². The highest BCUT2D eigenvalue weighted by Crippen LogP contribution is 2.40. The van der Waals surface area contributed by atoms with E-state index in [9.17, 15) is 5.11 Å². The van der Waals surface area contributed by atoms with Crippen LogP contribution in [0.4, 0.5) is 5.69 Å². The number of phenolic OH excluding ortho intramolecular Hbond substituents is 1. The van der Waals surface area contributed by atoms with Gasteiger partial charge in [0.15, 0.2) is 0 Å². The number of anilines is 1. The molecule has 0 spiro atoms. The van der Waals surface area contributed by atoms with E-state index in [1.165, 1.54) is 16.8 Å². The Kier molecular flexibility index (Phi) is 2.94. The summed E-state index contributed by atoms with van der Waals surface area (Å²) in [5.41, 5.74) is 4.89. The van der Waals surface area contributed by atoms with Crippen LogP contribution in [0, 0.1) is 6.92 Å². The predicted octanol–water partition coefficient (Wildman–Crippen LogP) is 3.82. The Bertz CT molecular complexity index is 589. The number of hydrogen-bond donors (Lipinski definition) is 1. The van der Waals surface area contributed by atoms with Crippen molar-refractivity contribution >= 4 is 5.69 Å². The second-order valence-electron chi connectivity index (χ2n) is 5.35. The molecule has 0 aromatic heterocycles. The third kappa shape index (κ3) is 2.07. The Morgan fingerprint density at radius 3 is 2.58 bits per heavy atom. The molecule has 2 nitrogen and oxygen atoms in total. The topological polar surface area (TPSA) is 23.5 Å². The van der Waals surface area contributed by atoms with Crippen LogP contribution in [0.3, 0.4) is 0 Å². The van der Waals surface area contributed by atoms with Gasteiger partial charge in [-0.15, -0.1) is 0 Å². The Morgan fingerprint density at radius 1 is 1.11 bits per heavy atom. The minimum Gasteiger partial charge on any atom is -0.508 e. The molecule has 0 saturated carbocycles. The molecule has 0 amide bonds. The number of aryl methyl sites for hydroxylation is 1. The molecule has 0 fully saturated rings. The predicted molar refractivity (Wildman–Crippen MR) is 78.8 cm³/mol. The zero-order chi connectivity index (χ0) is 13.4. The van der Waals surface area contributed by atoms with Gasteiger partial charge in [-0.25, -0.2) is 0 Å². The third-order valence-corrected chi connectivity index (χ3v) is 4.12.